The van der Waals surface area contributed by atoms with Crippen molar-refractivity contribution in [2.45, 2.75) is 45.8 Å². The van der Waals surface area contributed by atoms with E-state index in [4.69, 9.17) is 18.9 Å². The molecule has 7 heteroatoms. The van der Waals surface area contributed by atoms with Gasteiger partial charge in [0.2, 0.25) is 0 Å². The van der Waals surface area contributed by atoms with Crippen molar-refractivity contribution in [1.29, 1.82) is 0 Å². The van der Waals surface area contributed by atoms with Gasteiger partial charge in [0, 0.05) is 0 Å². The van der Waals surface area contributed by atoms with E-state index in [1.165, 1.54) is 12.0 Å². The Bertz CT molecular complexity index is 405. The van der Waals surface area contributed by atoms with E-state index in [2.05, 4.69) is 0 Å². The number of nitrogens with zero attached hydrogens (tertiary/aromatic N) is 1. The van der Waals surface area contributed by atoms with Crippen LogP contribution in [0.4, 0.5) is 4.79 Å². The first-order valence-corrected chi connectivity index (χ1v) is 7.36. The largest absolute Gasteiger partial charge is 0.469 e. The Balaban J connectivity index is 3.08. The minimum atomic E-state index is -0.921. The zero-order chi connectivity index (χ0) is 17.0. The second-order valence-corrected chi connectivity index (χ2v) is 6.60. The van der Waals surface area contributed by atoms with Gasteiger partial charge >= 0.3 is 12.1 Å². The van der Waals surface area contributed by atoms with Crippen LogP contribution in [0.3, 0.4) is 0 Å². The Morgan fingerprint density at radius 3 is 2.36 bits per heavy atom. The first-order valence-electron chi connectivity index (χ1n) is 7.36. The highest BCUT2D eigenvalue weighted by Crippen LogP contribution is 2.29. The average molecular weight is 317 g/mol. The van der Waals surface area contributed by atoms with Gasteiger partial charge in [0.05, 0.1) is 38.4 Å². The van der Waals surface area contributed by atoms with Gasteiger partial charge in [-0.15, -0.1) is 0 Å². The number of methoxy groups -OCH3 is 1. The highest BCUT2D eigenvalue weighted by Gasteiger charge is 2.46. The van der Waals surface area contributed by atoms with Gasteiger partial charge < -0.3 is 18.9 Å². The van der Waals surface area contributed by atoms with Crippen LogP contribution in [-0.2, 0) is 23.7 Å². The highest BCUT2D eigenvalue weighted by molar-refractivity contribution is 5.76. The lowest BCUT2D eigenvalue weighted by Gasteiger charge is -2.44. The molecule has 1 rings (SSSR count). The van der Waals surface area contributed by atoms with Crippen molar-refractivity contribution < 1.29 is 28.5 Å². The van der Waals surface area contributed by atoms with Gasteiger partial charge in [-0.05, 0) is 34.6 Å². The number of esters is 1. The second kappa shape index (κ2) is 7.28. The summed E-state index contributed by atoms with van der Waals surface area (Å²) in [5.74, 6) is -1.01. The molecule has 1 fully saturated rings. The fourth-order valence-corrected chi connectivity index (χ4v) is 2.15. The minimum absolute atomic E-state index is 0.0378. The molecule has 0 aromatic carbocycles. The molecule has 0 bridgehead atoms. The number of rotatable bonds is 2. The topological polar surface area (TPSA) is 74.3 Å². The zero-order valence-electron chi connectivity index (χ0n) is 14.3. The first-order chi connectivity index (χ1) is 10.1. The summed E-state index contributed by atoms with van der Waals surface area (Å²) in [7, 11) is 1.32. The van der Waals surface area contributed by atoms with Crippen LogP contribution < -0.4 is 0 Å². The Labute approximate surface area is 131 Å². The molecule has 0 radical (unpaired) electrons. The van der Waals surface area contributed by atoms with Crippen molar-refractivity contribution in [3.63, 3.8) is 0 Å². The van der Waals surface area contributed by atoms with Crippen LogP contribution in [0.25, 0.3) is 0 Å². The molecule has 0 unspecified atom stereocenters. The molecular formula is C15H27NO6. The number of hydrogen-bond acceptors (Lipinski definition) is 6. The van der Waals surface area contributed by atoms with Gasteiger partial charge in [-0.3, -0.25) is 9.69 Å². The van der Waals surface area contributed by atoms with Gasteiger partial charge in [0.15, 0.2) is 0 Å². The van der Waals surface area contributed by atoms with E-state index in [0.717, 1.165) is 0 Å². The monoisotopic (exact) mass is 317 g/mol. The summed E-state index contributed by atoms with van der Waals surface area (Å²) in [6, 6.07) is 0. The quantitative estimate of drug-likeness (QED) is 0.723. The normalized spacial score (nSPS) is 24.9. The van der Waals surface area contributed by atoms with Crippen molar-refractivity contribution in [3.05, 3.63) is 0 Å². The van der Waals surface area contributed by atoms with E-state index >= 15 is 0 Å². The van der Waals surface area contributed by atoms with Crippen molar-refractivity contribution >= 4 is 12.1 Å². The van der Waals surface area contributed by atoms with Crippen LogP contribution >= 0.6 is 0 Å². The summed E-state index contributed by atoms with van der Waals surface area (Å²) in [4.78, 5) is 25.9. The minimum Gasteiger partial charge on any atom is -0.469 e. The molecule has 0 aromatic heterocycles. The lowest BCUT2D eigenvalue weighted by molar-refractivity contribution is -0.160. The van der Waals surface area contributed by atoms with Crippen LogP contribution in [0, 0.1) is 5.92 Å². The Morgan fingerprint density at radius 1 is 1.23 bits per heavy atom. The maximum atomic E-state index is 12.5. The average Bonchev–Trinajstić information content (AvgIpc) is 2.39. The summed E-state index contributed by atoms with van der Waals surface area (Å²) >= 11 is 0. The highest BCUT2D eigenvalue weighted by atomic mass is 16.6. The predicted molar refractivity (Wildman–Crippen MR) is 79.3 cm³/mol. The number of carbonyl (C=O) groups is 2. The molecule has 0 saturated carbocycles. The third-order valence-corrected chi connectivity index (χ3v) is 3.70. The summed E-state index contributed by atoms with van der Waals surface area (Å²) < 4.78 is 21.2. The SMILES string of the molecule is COC(=O)[C@H](C)[C@]1(C)COCCOCN1C(=O)OC(C)(C)C. The third-order valence-electron chi connectivity index (χ3n) is 3.70. The molecular weight excluding hydrogens is 290 g/mol. The van der Waals surface area contributed by atoms with Crippen molar-refractivity contribution in [1.82, 2.24) is 4.90 Å². The maximum absolute atomic E-state index is 12.5. The van der Waals surface area contributed by atoms with Gasteiger partial charge in [0.25, 0.3) is 0 Å². The summed E-state index contributed by atoms with van der Waals surface area (Å²) in [6.45, 7) is 9.85. The Hall–Kier alpha value is -1.34. The van der Waals surface area contributed by atoms with Crippen LogP contribution in [-0.4, -0.2) is 61.8 Å². The Kier molecular flexibility index (Phi) is 6.19. The molecule has 1 heterocycles. The van der Waals surface area contributed by atoms with E-state index in [-0.39, 0.29) is 13.3 Å². The number of amides is 1. The number of ether oxygens (including phenoxy) is 4. The molecule has 0 spiro atoms. The molecule has 1 amide bonds. The molecule has 128 valence electrons. The van der Waals surface area contributed by atoms with Crippen LogP contribution in [0.1, 0.15) is 34.6 Å². The molecule has 0 N–H and O–H groups in total. The summed E-state index contributed by atoms with van der Waals surface area (Å²) in [5.41, 5.74) is -1.56. The van der Waals surface area contributed by atoms with E-state index in [0.29, 0.717) is 13.2 Å². The van der Waals surface area contributed by atoms with Crippen molar-refractivity contribution in [2.75, 3.05) is 33.7 Å². The number of hydrogen-bond donors (Lipinski definition) is 0. The molecule has 22 heavy (non-hydrogen) atoms. The first kappa shape index (κ1) is 18.7. The maximum Gasteiger partial charge on any atom is 0.412 e. The van der Waals surface area contributed by atoms with Gasteiger partial charge in [-0.2, -0.15) is 0 Å². The zero-order valence-corrected chi connectivity index (χ0v) is 14.3. The van der Waals surface area contributed by atoms with Crippen molar-refractivity contribution in [2.24, 2.45) is 5.92 Å². The fourth-order valence-electron chi connectivity index (χ4n) is 2.15. The molecule has 1 aliphatic rings. The third kappa shape index (κ3) is 4.58. The summed E-state index contributed by atoms with van der Waals surface area (Å²) in [6.07, 6.45) is -0.545. The fraction of sp³-hybridized carbons (Fsp3) is 0.867. The van der Waals surface area contributed by atoms with E-state index in [1.807, 2.05) is 0 Å². The molecule has 0 aliphatic carbocycles. The van der Waals surface area contributed by atoms with Crippen LogP contribution in [0.15, 0.2) is 0 Å². The standard InChI is InChI=1S/C15H27NO6/c1-11(12(17)19-6)15(5)9-20-7-8-21-10-16(15)13(18)22-14(2,3)4/h11H,7-10H2,1-6H3/t11-,15-/m0/s1. The van der Waals surface area contributed by atoms with E-state index in [9.17, 15) is 9.59 Å². The lowest BCUT2D eigenvalue weighted by atomic mass is 9.86. The van der Waals surface area contributed by atoms with E-state index < -0.39 is 29.1 Å². The smallest absolute Gasteiger partial charge is 0.412 e. The summed E-state index contributed by atoms with van der Waals surface area (Å²) in [5, 5.41) is 0. The second-order valence-electron chi connectivity index (χ2n) is 6.60. The Morgan fingerprint density at radius 2 is 1.82 bits per heavy atom. The molecule has 1 aliphatic heterocycles. The van der Waals surface area contributed by atoms with Gasteiger partial charge in [-0.1, -0.05) is 0 Å². The van der Waals surface area contributed by atoms with Gasteiger partial charge in [-0.25, -0.2) is 4.79 Å². The van der Waals surface area contributed by atoms with Crippen molar-refractivity contribution in [3.8, 4) is 0 Å². The lowest BCUT2D eigenvalue weighted by Crippen LogP contribution is -2.61. The predicted octanol–water partition coefficient (Wildman–Crippen LogP) is 1.80. The molecule has 7 nitrogen and oxygen atoms in total. The number of carbonyl (C=O) groups excluding carboxylic acids is 2. The molecule has 0 aromatic rings. The van der Waals surface area contributed by atoms with Gasteiger partial charge in [0.1, 0.15) is 12.3 Å². The molecule has 1 saturated heterocycles. The van der Waals surface area contributed by atoms with Crippen LogP contribution in [0.2, 0.25) is 0 Å². The van der Waals surface area contributed by atoms with E-state index in [1.54, 1.807) is 34.6 Å². The van der Waals surface area contributed by atoms with Crippen LogP contribution in [0.5, 0.6) is 0 Å². The molecule has 2 atom stereocenters.